The second-order valence-corrected chi connectivity index (χ2v) is 8.96. The molecule has 22 heavy (non-hydrogen) atoms. The summed E-state index contributed by atoms with van der Waals surface area (Å²) in [6.45, 7) is 9.09. The summed E-state index contributed by atoms with van der Waals surface area (Å²) in [5.74, 6) is 1.67. The Hall–Kier alpha value is -0.990. The topological polar surface area (TPSA) is 88.3 Å². The van der Waals surface area contributed by atoms with E-state index < -0.39 is 10.0 Å². The maximum Gasteiger partial charge on any atom is 0.232 e. The number of likely N-dealkylation sites (tertiary alicyclic amines) is 1. The van der Waals surface area contributed by atoms with E-state index in [4.69, 9.17) is 4.52 Å². The lowest BCUT2D eigenvalue weighted by molar-refractivity contribution is 0.163. The first-order valence-electron chi connectivity index (χ1n) is 7.63. The van der Waals surface area contributed by atoms with E-state index in [1.54, 1.807) is 0 Å². The van der Waals surface area contributed by atoms with Crippen molar-refractivity contribution in [1.29, 1.82) is 0 Å². The lowest BCUT2D eigenvalue weighted by Gasteiger charge is -2.31. The number of aromatic nitrogens is 2. The Bertz CT molecular complexity index is 591. The average Bonchev–Trinajstić information content (AvgIpc) is 2.84. The van der Waals surface area contributed by atoms with Crippen LogP contribution >= 0.6 is 0 Å². The molecule has 8 heteroatoms. The minimum Gasteiger partial charge on any atom is -0.339 e. The third-order valence-corrected chi connectivity index (χ3v) is 4.40. The van der Waals surface area contributed by atoms with Crippen molar-refractivity contribution in [3.8, 4) is 0 Å². The molecule has 0 aromatic carbocycles. The Morgan fingerprint density at radius 3 is 2.73 bits per heavy atom. The summed E-state index contributed by atoms with van der Waals surface area (Å²) in [6.07, 6.45) is 3.29. The fraction of sp³-hybridized carbons (Fsp3) is 0.857. The molecule has 2 heterocycles. The van der Waals surface area contributed by atoms with Crippen molar-refractivity contribution in [2.45, 2.75) is 45.6 Å². The van der Waals surface area contributed by atoms with E-state index in [9.17, 15) is 8.42 Å². The fourth-order valence-corrected chi connectivity index (χ4v) is 3.09. The first-order valence-corrected chi connectivity index (χ1v) is 9.53. The zero-order valence-corrected chi connectivity index (χ0v) is 14.6. The molecule has 7 nitrogen and oxygen atoms in total. The molecule has 1 atom stereocenters. The highest BCUT2D eigenvalue weighted by Crippen LogP contribution is 2.21. The van der Waals surface area contributed by atoms with E-state index >= 15 is 0 Å². The van der Waals surface area contributed by atoms with Crippen molar-refractivity contribution in [2.75, 3.05) is 25.9 Å². The second kappa shape index (κ2) is 6.64. The number of sulfonamides is 1. The minimum atomic E-state index is -3.12. The predicted octanol–water partition coefficient (Wildman–Crippen LogP) is 1.13. The molecule has 1 aliphatic heterocycles. The minimum absolute atomic E-state index is 0.144. The van der Waals surface area contributed by atoms with Crippen molar-refractivity contribution in [2.24, 2.45) is 5.92 Å². The summed E-state index contributed by atoms with van der Waals surface area (Å²) in [5.41, 5.74) is -0.144. The molecule has 2 rings (SSSR count). The molecule has 0 bridgehead atoms. The number of hydrogen-bond donors (Lipinski definition) is 1. The number of nitrogens with zero attached hydrogens (tertiary/aromatic N) is 3. The van der Waals surface area contributed by atoms with Crippen LogP contribution < -0.4 is 4.72 Å². The van der Waals surface area contributed by atoms with E-state index in [2.05, 4.69) is 19.8 Å². The Labute approximate surface area is 132 Å². The molecule has 126 valence electrons. The summed E-state index contributed by atoms with van der Waals surface area (Å²) < 4.78 is 30.3. The Morgan fingerprint density at radius 1 is 1.41 bits per heavy atom. The van der Waals surface area contributed by atoms with Crippen molar-refractivity contribution in [3.05, 3.63) is 11.7 Å². The van der Waals surface area contributed by atoms with Gasteiger partial charge in [-0.25, -0.2) is 13.1 Å². The van der Waals surface area contributed by atoms with Gasteiger partial charge in [0.15, 0.2) is 5.82 Å². The molecule has 0 spiro atoms. The monoisotopic (exact) mass is 330 g/mol. The van der Waals surface area contributed by atoms with Gasteiger partial charge in [-0.05, 0) is 25.3 Å². The fourth-order valence-electron chi connectivity index (χ4n) is 2.55. The van der Waals surface area contributed by atoms with Gasteiger partial charge in [0.1, 0.15) is 0 Å². The molecular formula is C14H26N4O3S. The molecule has 1 aromatic rings. The summed E-state index contributed by atoms with van der Waals surface area (Å²) >= 11 is 0. The summed E-state index contributed by atoms with van der Waals surface area (Å²) in [6, 6.07) is 0. The van der Waals surface area contributed by atoms with E-state index in [-0.39, 0.29) is 5.41 Å². The summed E-state index contributed by atoms with van der Waals surface area (Å²) in [5, 5.41) is 4.05. The lowest BCUT2D eigenvalue weighted by Crippen LogP contribution is -2.40. The first kappa shape index (κ1) is 17.4. The van der Waals surface area contributed by atoms with Gasteiger partial charge in [0.2, 0.25) is 15.9 Å². The van der Waals surface area contributed by atoms with Gasteiger partial charge in [-0.15, -0.1) is 0 Å². The third kappa shape index (κ3) is 5.33. The number of hydrogen-bond acceptors (Lipinski definition) is 6. The molecule has 0 amide bonds. The van der Waals surface area contributed by atoms with Crippen LogP contribution in [-0.4, -0.2) is 49.3 Å². The van der Waals surface area contributed by atoms with E-state index in [0.717, 1.165) is 25.9 Å². The highest BCUT2D eigenvalue weighted by molar-refractivity contribution is 7.88. The maximum atomic E-state index is 11.2. The van der Waals surface area contributed by atoms with Gasteiger partial charge < -0.3 is 4.52 Å². The molecule has 0 unspecified atom stereocenters. The maximum absolute atomic E-state index is 11.2. The van der Waals surface area contributed by atoms with Gasteiger partial charge in [0.25, 0.3) is 0 Å². The van der Waals surface area contributed by atoms with Crippen LogP contribution in [0.2, 0.25) is 0 Å². The van der Waals surface area contributed by atoms with Crippen molar-refractivity contribution in [3.63, 3.8) is 0 Å². The standard InChI is InChI=1S/C14H26N4O3S/c1-14(2,3)13-16-12(17-21-13)10-18-7-5-6-11(9-18)8-15-22(4,19)20/h11,15H,5-10H2,1-4H3/t11-/m0/s1. The lowest BCUT2D eigenvalue weighted by atomic mass is 9.97. The predicted molar refractivity (Wildman–Crippen MR) is 83.8 cm³/mol. The van der Waals surface area contributed by atoms with Gasteiger partial charge in [-0.3, -0.25) is 4.90 Å². The van der Waals surface area contributed by atoms with E-state index in [0.29, 0.717) is 30.7 Å². The molecule has 1 aliphatic rings. The van der Waals surface area contributed by atoms with Crippen LogP contribution in [0.1, 0.15) is 45.3 Å². The highest BCUT2D eigenvalue weighted by atomic mass is 32.2. The van der Waals surface area contributed by atoms with Gasteiger partial charge in [0.05, 0.1) is 12.8 Å². The van der Waals surface area contributed by atoms with Crippen LogP contribution in [0.25, 0.3) is 0 Å². The smallest absolute Gasteiger partial charge is 0.232 e. The molecule has 0 radical (unpaired) electrons. The second-order valence-electron chi connectivity index (χ2n) is 7.13. The summed E-state index contributed by atoms with van der Waals surface area (Å²) in [4.78, 5) is 6.71. The Morgan fingerprint density at radius 2 is 2.14 bits per heavy atom. The normalized spacial score (nSPS) is 21.2. The Kier molecular flexibility index (Phi) is 5.24. The molecular weight excluding hydrogens is 304 g/mol. The van der Waals surface area contributed by atoms with Crippen molar-refractivity contribution >= 4 is 10.0 Å². The van der Waals surface area contributed by atoms with Crippen LogP contribution in [0.5, 0.6) is 0 Å². The van der Waals surface area contributed by atoms with E-state index in [1.165, 1.54) is 6.26 Å². The number of piperidine rings is 1. The SMILES string of the molecule is CC(C)(C)c1nc(CN2CCC[C@@H](CNS(C)(=O)=O)C2)no1. The van der Waals surface area contributed by atoms with Crippen LogP contribution in [-0.2, 0) is 22.0 Å². The van der Waals surface area contributed by atoms with Crippen molar-refractivity contribution < 1.29 is 12.9 Å². The molecule has 1 aromatic heterocycles. The Balaban J connectivity index is 1.89. The largest absolute Gasteiger partial charge is 0.339 e. The quantitative estimate of drug-likeness (QED) is 0.870. The highest BCUT2D eigenvalue weighted by Gasteiger charge is 2.25. The van der Waals surface area contributed by atoms with Crippen LogP contribution in [0.3, 0.4) is 0 Å². The molecule has 0 aliphatic carbocycles. The van der Waals surface area contributed by atoms with Crippen LogP contribution in [0.15, 0.2) is 4.52 Å². The van der Waals surface area contributed by atoms with Crippen LogP contribution in [0.4, 0.5) is 0 Å². The molecule has 0 saturated carbocycles. The van der Waals surface area contributed by atoms with Gasteiger partial charge in [-0.2, -0.15) is 4.98 Å². The average molecular weight is 330 g/mol. The third-order valence-electron chi connectivity index (χ3n) is 3.71. The molecule has 1 saturated heterocycles. The number of rotatable bonds is 5. The van der Waals surface area contributed by atoms with Crippen molar-refractivity contribution in [1.82, 2.24) is 19.8 Å². The van der Waals surface area contributed by atoms with Gasteiger partial charge >= 0.3 is 0 Å². The van der Waals surface area contributed by atoms with Gasteiger partial charge in [0, 0.05) is 18.5 Å². The molecule has 1 N–H and O–H groups in total. The van der Waals surface area contributed by atoms with E-state index in [1.807, 2.05) is 20.8 Å². The number of nitrogens with one attached hydrogen (secondary N) is 1. The van der Waals surface area contributed by atoms with Crippen LogP contribution in [0, 0.1) is 5.92 Å². The first-order chi connectivity index (χ1) is 10.1. The molecule has 1 fully saturated rings. The summed E-state index contributed by atoms with van der Waals surface area (Å²) in [7, 11) is -3.12. The van der Waals surface area contributed by atoms with Gasteiger partial charge in [-0.1, -0.05) is 25.9 Å². The zero-order chi connectivity index (χ0) is 16.4. The zero-order valence-electron chi connectivity index (χ0n) is 13.8.